The number of nitrogens with zero attached hydrogens (tertiary/aromatic N) is 3. The highest BCUT2D eigenvalue weighted by Crippen LogP contribution is 2.49. The number of fused-ring (bicyclic) bond motifs is 9. The molecule has 5 nitrogen and oxygen atoms in total. The van der Waals surface area contributed by atoms with Gasteiger partial charge in [-0.05, 0) is 24.1 Å². The Bertz CT molecular complexity index is 1710. The maximum absolute atomic E-state index is 6.45. The van der Waals surface area contributed by atoms with Gasteiger partial charge in [-0.2, -0.15) is 0 Å². The molecule has 0 aliphatic carbocycles. The molecule has 36 heavy (non-hydrogen) atoms. The molecular formula is C31H35N4O+. The molecule has 0 spiro atoms. The lowest BCUT2D eigenvalue weighted by atomic mass is 9.94. The first-order valence-corrected chi connectivity index (χ1v) is 13.1. The summed E-state index contributed by atoms with van der Waals surface area (Å²) in [4.78, 5) is 0. The largest absolute Gasteiger partial charge is 0.381 e. The van der Waals surface area contributed by atoms with Gasteiger partial charge in [0.15, 0.2) is 0 Å². The minimum Gasteiger partial charge on any atom is -0.381 e. The molecule has 1 N–H and O–H groups in total. The van der Waals surface area contributed by atoms with Crippen LogP contribution in [0.2, 0.25) is 0 Å². The van der Waals surface area contributed by atoms with Gasteiger partial charge in [0.1, 0.15) is 12.1 Å². The van der Waals surface area contributed by atoms with E-state index >= 15 is 0 Å². The fourth-order valence-corrected chi connectivity index (χ4v) is 7.32. The van der Waals surface area contributed by atoms with Gasteiger partial charge in [0.2, 0.25) is 0 Å². The Hall–Kier alpha value is -3.28. The normalized spacial score (nSPS) is 22.0. The van der Waals surface area contributed by atoms with Gasteiger partial charge < -0.3 is 23.7 Å². The van der Waals surface area contributed by atoms with Crippen LogP contribution < -0.4 is 5.32 Å². The van der Waals surface area contributed by atoms with Gasteiger partial charge in [-0.1, -0.05) is 49.9 Å². The molecule has 5 heteroatoms. The summed E-state index contributed by atoms with van der Waals surface area (Å²) in [5, 5.41) is 8.97. The van der Waals surface area contributed by atoms with Gasteiger partial charge in [0.05, 0.1) is 44.8 Å². The number of rotatable bonds is 3. The molecule has 184 valence electrons. The Balaban J connectivity index is 1.81. The van der Waals surface area contributed by atoms with E-state index in [1.165, 1.54) is 54.7 Å². The second-order valence-corrected chi connectivity index (χ2v) is 11.5. The molecule has 0 radical (unpaired) electrons. The van der Waals surface area contributed by atoms with Gasteiger partial charge >= 0.3 is 0 Å². The summed E-state index contributed by atoms with van der Waals surface area (Å²) in [7, 11) is 8.84. The molecular weight excluding hydrogens is 444 g/mol. The lowest BCUT2D eigenvalue weighted by molar-refractivity contribution is -0.901. The third-order valence-electron chi connectivity index (χ3n) is 8.88. The number of ether oxygens (including phenoxy) is 1. The zero-order chi connectivity index (χ0) is 24.9. The van der Waals surface area contributed by atoms with Crippen molar-refractivity contribution in [1.82, 2.24) is 14.5 Å². The Morgan fingerprint density at radius 1 is 0.972 bits per heavy atom. The van der Waals surface area contributed by atoms with Gasteiger partial charge in [-0.3, -0.25) is 0 Å². The van der Waals surface area contributed by atoms with E-state index in [-0.39, 0.29) is 18.2 Å². The van der Waals surface area contributed by atoms with E-state index in [0.717, 1.165) is 29.7 Å². The minimum absolute atomic E-state index is 0.0692. The van der Waals surface area contributed by atoms with Crippen LogP contribution in [-0.2, 0) is 17.8 Å². The van der Waals surface area contributed by atoms with Gasteiger partial charge in [0.25, 0.3) is 0 Å². The summed E-state index contributed by atoms with van der Waals surface area (Å²) >= 11 is 0. The number of likely N-dealkylation sites (N-methyl/N-ethyl adjacent to an activating group) is 1. The maximum Gasteiger partial charge on any atom is 0.135 e. The molecule has 4 heterocycles. The first kappa shape index (κ1) is 22.0. The van der Waals surface area contributed by atoms with Crippen molar-refractivity contribution in [3.05, 3.63) is 66.2 Å². The minimum atomic E-state index is 0.0692. The van der Waals surface area contributed by atoms with E-state index in [9.17, 15) is 0 Å². The standard InChI is InChI=1S/C31H35N4O/c1-7-22-31(36-6)25(35(3,4)5)17-33-23-14-10-8-12-19(23)28-26-18(2)32-16-21(26)27-20-13-9-11-15-24(20)34(22)30(27)29(28)33/h8-15,22,25,31-32H,2,7,16-17H2,1,3-6H3/q+1. The number of nitrogens with one attached hydrogen (secondary N) is 1. The van der Waals surface area contributed by atoms with Crippen molar-refractivity contribution in [3.8, 4) is 0 Å². The summed E-state index contributed by atoms with van der Waals surface area (Å²) in [6.45, 7) is 8.51. The molecule has 2 aliphatic rings. The van der Waals surface area contributed by atoms with Crippen molar-refractivity contribution in [2.75, 3.05) is 28.3 Å². The molecule has 0 saturated heterocycles. The van der Waals surface area contributed by atoms with Crippen LogP contribution >= 0.6 is 0 Å². The number of benzene rings is 3. The fourth-order valence-electron chi connectivity index (χ4n) is 7.32. The van der Waals surface area contributed by atoms with Crippen LogP contribution in [0.4, 0.5) is 0 Å². The summed E-state index contributed by atoms with van der Waals surface area (Å²) < 4.78 is 12.5. The summed E-state index contributed by atoms with van der Waals surface area (Å²) in [5.74, 6) is 0. The van der Waals surface area contributed by atoms with Crippen LogP contribution in [0.25, 0.3) is 49.3 Å². The summed E-state index contributed by atoms with van der Waals surface area (Å²) in [6.07, 6.45) is 1.08. The molecule has 5 aromatic rings. The van der Waals surface area contributed by atoms with Crippen LogP contribution in [0.5, 0.6) is 0 Å². The number of methoxy groups -OCH3 is 1. The first-order valence-electron chi connectivity index (χ1n) is 13.1. The maximum atomic E-state index is 6.45. The van der Waals surface area contributed by atoms with Crippen LogP contribution in [0.1, 0.15) is 30.5 Å². The number of quaternary nitrogens is 1. The first-order chi connectivity index (χ1) is 17.4. The van der Waals surface area contributed by atoms with E-state index in [4.69, 9.17) is 4.74 Å². The predicted molar refractivity (Wildman–Crippen MR) is 150 cm³/mol. The van der Waals surface area contributed by atoms with Gasteiger partial charge in [-0.25, -0.2) is 0 Å². The highest BCUT2D eigenvalue weighted by Gasteiger charge is 2.43. The van der Waals surface area contributed by atoms with E-state index < -0.39 is 0 Å². The molecule has 3 atom stereocenters. The van der Waals surface area contributed by atoms with E-state index in [1.54, 1.807) is 0 Å². The Morgan fingerprint density at radius 3 is 2.31 bits per heavy atom. The van der Waals surface area contributed by atoms with Crippen LogP contribution in [0.3, 0.4) is 0 Å². The molecule has 2 aliphatic heterocycles. The van der Waals surface area contributed by atoms with E-state index in [1.807, 2.05) is 7.11 Å². The zero-order valence-electron chi connectivity index (χ0n) is 21.9. The van der Waals surface area contributed by atoms with Crippen LogP contribution in [0, 0.1) is 0 Å². The quantitative estimate of drug-likeness (QED) is 0.320. The average molecular weight is 480 g/mol. The van der Waals surface area contributed by atoms with Gasteiger partial charge in [0, 0.05) is 57.5 Å². The van der Waals surface area contributed by atoms with Crippen molar-refractivity contribution in [3.63, 3.8) is 0 Å². The van der Waals surface area contributed by atoms with Crippen molar-refractivity contribution in [2.24, 2.45) is 0 Å². The average Bonchev–Trinajstić information content (AvgIpc) is 3.49. The number of para-hydroxylation sites is 2. The molecule has 0 saturated carbocycles. The van der Waals surface area contributed by atoms with Crippen LogP contribution in [0.15, 0.2) is 55.1 Å². The highest BCUT2D eigenvalue weighted by atomic mass is 16.5. The van der Waals surface area contributed by atoms with Crippen molar-refractivity contribution in [1.29, 1.82) is 0 Å². The molecule has 7 rings (SSSR count). The topological polar surface area (TPSA) is 31.1 Å². The van der Waals surface area contributed by atoms with Crippen molar-refractivity contribution in [2.45, 2.75) is 44.6 Å². The second-order valence-electron chi connectivity index (χ2n) is 11.5. The Morgan fingerprint density at radius 2 is 1.64 bits per heavy atom. The van der Waals surface area contributed by atoms with E-state index in [0.29, 0.717) is 0 Å². The third kappa shape index (κ3) is 2.62. The molecule has 0 amide bonds. The fraction of sp³-hybridized carbons (Fsp3) is 0.355. The van der Waals surface area contributed by atoms with Gasteiger partial charge in [-0.15, -0.1) is 0 Å². The third-order valence-corrected chi connectivity index (χ3v) is 8.88. The lowest BCUT2D eigenvalue weighted by Crippen LogP contribution is -2.57. The Labute approximate surface area is 212 Å². The van der Waals surface area contributed by atoms with Crippen LogP contribution in [-0.4, -0.2) is 54.0 Å². The number of hydrogen-bond donors (Lipinski definition) is 1. The number of aromatic nitrogens is 2. The number of hydrogen-bond acceptors (Lipinski definition) is 2. The summed E-state index contributed by atoms with van der Waals surface area (Å²) in [6, 6.07) is 18.4. The lowest BCUT2D eigenvalue weighted by Gasteiger charge is -2.43. The zero-order valence-corrected chi connectivity index (χ0v) is 21.9. The molecule has 0 fully saturated rings. The second kappa shape index (κ2) is 7.37. The van der Waals surface area contributed by atoms with Crippen molar-refractivity contribution >= 4 is 49.3 Å². The van der Waals surface area contributed by atoms with E-state index in [2.05, 4.69) is 97.6 Å². The Kier molecular flexibility index (Phi) is 4.50. The smallest absolute Gasteiger partial charge is 0.135 e. The summed E-state index contributed by atoms with van der Waals surface area (Å²) in [5.41, 5.74) is 9.01. The molecule has 3 unspecified atom stereocenters. The monoisotopic (exact) mass is 479 g/mol. The molecule has 3 aromatic carbocycles. The SMILES string of the molecule is C=C1NCc2c1c1c3ccccc3n3c1c1c2c2ccccc2n1C(CC)C(OC)C([N+](C)(C)C)C3. The van der Waals surface area contributed by atoms with Crippen molar-refractivity contribution < 1.29 is 9.22 Å². The molecule has 2 aromatic heterocycles. The highest BCUT2D eigenvalue weighted by molar-refractivity contribution is 6.27. The predicted octanol–water partition coefficient (Wildman–Crippen LogP) is 6.03. The molecule has 0 bridgehead atoms.